The fourth-order valence-electron chi connectivity index (χ4n) is 2.72. The second-order valence-corrected chi connectivity index (χ2v) is 7.11. The van der Waals surface area contributed by atoms with Crippen molar-refractivity contribution in [2.75, 3.05) is 0 Å². The largest absolute Gasteiger partial charge is 0.459 e. The van der Waals surface area contributed by atoms with Crippen LogP contribution in [0.1, 0.15) is 16.6 Å². The van der Waals surface area contributed by atoms with Crippen LogP contribution in [0.2, 0.25) is 0 Å². The van der Waals surface area contributed by atoms with Crippen molar-refractivity contribution in [3.05, 3.63) is 78.1 Å². The van der Waals surface area contributed by atoms with Crippen molar-refractivity contribution in [1.29, 1.82) is 0 Å². The van der Waals surface area contributed by atoms with E-state index in [1.54, 1.807) is 12.1 Å². The molecule has 2 aromatic carbocycles. The zero-order chi connectivity index (χ0) is 19.7. The average Bonchev–Trinajstić information content (AvgIpc) is 3.29. The Kier molecular flexibility index (Phi) is 4.72. The number of hydrogen-bond acceptors (Lipinski definition) is 4. The quantitative estimate of drug-likeness (QED) is 0.624. The lowest BCUT2D eigenvalue weighted by Gasteiger charge is -2.07. The highest BCUT2D eigenvalue weighted by Gasteiger charge is 2.34. The van der Waals surface area contributed by atoms with Crippen LogP contribution in [0.5, 0.6) is 0 Å². The SMILES string of the molecule is O=C1NC(=Nc2ccccc2)SC1c1ccc(-c2cccc(C(F)(F)F)c2)o1. The summed E-state index contributed by atoms with van der Waals surface area (Å²) in [5.74, 6) is 0.334. The summed E-state index contributed by atoms with van der Waals surface area (Å²) >= 11 is 1.20. The van der Waals surface area contributed by atoms with Gasteiger partial charge in [0.15, 0.2) is 5.17 Å². The lowest BCUT2D eigenvalue weighted by atomic mass is 10.1. The van der Waals surface area contributed by atoms with Gasteiger partial charge in [-0.1, -0.05) is 42.1 Å². The van der Waals surface area contributed by atoms with Gasteiger partial charge in [-0.15, -0.1) is 0 Å². The molecule has 1 aliphatic rings. The molecule has 1 aromatic heterocycles. The Morgan fingerprint density at radius 3 is 2.54 bits per heavy atom. The minimum Gasteiger partial charge on any atom is -0.459 e. The number of amides is 1. The van der Waals surface area contributed by atoms with Crippen LogP contribution in [0.4, 0.5) is 18.9 Å². The van der Waals surface area contributed by atoms with Gasteiger partial charge in [-0.05, 0) is 36.4 Å². The number of nitrogens with one attached hydrogen (secondary N) is 1. The molecule has 0 aliphatic carbocycles. The normalized spacial score (nSPS) is 18.5. The van der Waals surface area contributed by atoms with Crippen molar-refractivity contribution in [3.8, 4) is 11.3 Å². The van der Waals surface area contributed by atoms with Crippen LogP contribution in [0.25, 0.3) is 11.3 Å². The summed E-state index contributed by atoms with van der Waals surface area (Å²) < 4.78 is 44.4. The first-order valence-corrected chi connectivity index (χ1v) is 9.17. The summed E-state index contributed by atoms with van der Waals surface area (Å²) in [4.78, 5) is 16.7. The second-order valence-electron chi connectivity index (χ2n) is 6.02. The zero-order valence-electron chi connectivity index (χ0n) is 14.2. The van der Waals surface area contributed by atoms with Gasteiger partial charge in [0.05, 0.1) is 11.3 Å². The van der Waals surface area contributed by atoms with Gasteiger partial charge >= 0.3 is 6.18 Å². The fourth-order valence-corrected chi connectivity index (χ4v) is 3.67. The van der Waals surface area contributed by atoms with Crippen molar-refractivity contribution < 1.29 is 22.4 Å². The van der Waals surface area contributed by atoms with E-state index in [1.807, 2.05) is 30.3 Å². The molecule has 1 atom stereocenters. The third-order valence-electron chi connectivity index (χ3n) is 4.04. The first-order valence-electron chi connectivity index (χ1n) is 8.29. The maximum Gasteiger partial charge on any atom is 0.416 e. The van der Waals surface area contributed by atoms with Gasteiger partial charge in [0.1, 0.15) is 16.8 Å². The van der Waals surface area contributed by atoms with E-state index in [1.165, 1.54) is 23.9 Å². The van der Waals surface area contributed by atoms with Crippen LogP contribution in [-0.2, 0) is 11.0 Å². The molecule has 3 aromatic rings. The van der Waals surface area contributed by atoms with Gasteiger partial charge in [0, 0.05) is 5.56 Å². The maximum atomic E-state index is 12.9. The van der Waals surface area contributed by atoms with Crippen molar-refractivity contribution in [2.24, 2.45) is 4.99 Å². The predicted octanol–water partition coefficient (Wildman–Crippen LogP) is 5.56. The molecule has 1 unspecified atom stereocenters. The van der Waals surface area contributed by atoms with Gasteiger partial charge in [-0.3, -0.25) is 4.79 Å². The third kappa shape index (κ3) is 3.82. The van der Waals surface area contributed by atoms with Crippen molar-refractivity contribution in [1.82, 2.24) is 5.32 Å². The van der Waals surface area contributed by atoms with Crippen LogP contribution in [0.3, 0.4) is 0 Å². The van der Waals surface area contributed by atoms with Crippen molar-refractivity contribution in [3.63, 3.8) is 0 Å². The first-order chi connectivity index (χ1) is 13.4. The number of nitrogens with zero attached hydrogens (tertiary/aromatic N) is 1. The van der Waals surface area contributed by atoms with Crippen LogP contribution in [0.15, 0.2) is 76.1 Å². The number of aliphatic imine (C=N–C) groups is 1. The summed E-state index contributed by atoms with van der Waals surface area (Å²) in [6.07, 6.45) is -4.44. The van der Waals surface area contributed by atoms with E-state index in [2.05, 4.69) is 10.3 Å². The number of furan rings is 1. The number of halogens is 3. The lowest BCUT2D eigenvalue weighted by Crippen LogP contribution is -2.21. The number of carbonyl (C=O) groups excluding carboxylic acids is 1. The van der Waals surface area contributed by atoms with E-state index in [-0.39, 0.29) is 11.7 Å². The molecular weight excluding hydrogens is 389 g/mol. The van der Waals surface area contributed by atoms with E-state index in [9.17, 15) is 18.0 Å². The third-order valence-corrected chi connectivity index (χ3v) is 5.14. The smallest absolute Gasteiger partial charge is 0.416 e. The Labute approximate surface area is 162 Å². The standard InChI is InChI=1S/C20H13F3N2O2S/c21-20(22,23)13-6-4-5-12(11-13)15-9-10-16(27-15)17-18(26)25-19(28-17)24-14-7-2-1-3-8-14/h1-11,17H,(H,24,25,26). The molecule has 142 valence electrons. The van der Waals surface area contributed by atoms with Crippen LogP contribution < -0.4 is 5.32 Å². The molecule has 1 N–H and O–H groups in total. The summed E-state index contributed by atoms with van der Waals surface area (Å²) in [5.41, 5.74) is 0.242. The number of hydrogen-bond donors (Lipinski definition) is 1. The highest BCUT2D eigenvalue weighted by molar-refractivity contribution is 8.15. The fraction of sp³-hybridized carbons (Fsp3) is 0.100. The van der Waals surface area contributed by atoms with Crippen LogP contribution >= 0.6 is 11.8 Å². The van der Waals surface area contributed by atoms with E-state index >= 15 is 0 Å². The molecule has 0 bridgehead atoms. The Bertz CT molecular complexity index is 1040. The van der Waals surface area contributed by atoms with E-state index in [4.69, 9.17) is 4.42 Å². The number of alkyl halides is 3. The average molecular weight is 402 g/mol. The summed E-state index contributed by atoms with van der Waals surface area (Å²) in [6.45, 7) is 0. The highest BCUT2D eigenvalue weighted by atomic mass is 32.2. The molecule has 1 amide bonds. The minimum atomic E-state index is -4.44. The van der Waals surface area contributed by atoms with E-state index in [0.29, 0.717) is 22.2 Å². The molecule has 0 saturated carbocycles. The summed E-state index contributed by atoms with van der Waals surface area (Å²) in [6, 6.07) is 17.2. The molecule has 1 fully saturated rings. The Morgan fingerprint density at radius 1 is 1.00 bits per heavy atom. The molecule has 1 aliphatic heterocycles. The predicted molar refractivity (Wildman–Crippen MR) is 101 cm³/mol. The van der Waals surface area contributed by atoms with E-state index < -0.39 is 17.0 Å². The molecule has 2 heterocycles. The molecule has 4 rings (SSSR count). The van der Waals surface area contributed by atoms with Crippen LogP contribution in [0, 0.1) is 0 Å². The van der Waals surface area contributed by atoms with Crippen LogP contribution in [-0.4, -0.2) is 11.1 Å². The van der Waals surface area contributed by atoms with Gasteiger partial charge < -0.3 is 9.73 Å². The molecule has 0 spiro atoms. The number of thioether (sulfide) groups is 1. The highest BCUT2D eigenvalue weighted by Crippen LogP contribution is 2.38. The second kappa shape index (κ2) is 7.20. The first kappa shape index (κ1) is 18.4. The monoisotopic (exact) mass is 402 g/mol. The lowest BCUT2D eigenvalue weighted by molar-refractivity contribution is -0.137. The van der Waals surface area contributed by atoms with Gasteiger partial charge in [-0.2, -0.15) is 13.2 Å². The van der Waals surface area contributed by atoms with E-state index in [0.717, 1.165) is 12.1 Å². The molecule has 0 radical (unpaired) electrons. The molecule has 8 heteroatoms. The van der Waals surface area contributed by atoms with Gasteiger partial charge in [-0.25, -0.2) is 4.99 Å². The van der Waals surface area contributed by atoms with Gasteiger partial charge in [0.2, 0.25) is 5.91 Å². The molecule has 1 saturated heterocycles. The Morgan fingerprint density at radius 2 is 1.79 bits per heavy atom. The number of carbonyl (C=O) groups is 1. The number of amidine groups is 1. The molecule has 4 nitrogen and oxygen atoms in total. The number of para-hydroxylation sites is 1. The zero-order valence-corrected chi connectivity index (χ0v) is 15.1. The number of rotatable bonds is 3. The Balaban J connectivity index is 1.57. The number of benzene rings is 2. The molecule has 28 heavy (non-hydrogen) atoms. The maximum absolute atomic E-state index is 12.9. The Hall–Kier alpha value is -3.00. The van der Waals surface area contributed by atoms with Crippen molar-refractivity contribution >= 4 is 28.5 Å². The summed E-state index contributed by atoms with van der Waals surface area (Å²) in [5, 5.41) is 2.49. The topological polar surface area (TPSA) is 54.6 Å². The molecular formula is C20H13F3N2O2S. The van der Waals surface area contributed by atoms with Gasteiger partial charge in [0.25, 0.3) is 0 Å². The van der Waals surface area contributed by atoms with Crippen molar-refractivity contribution in [2.45, 2.75) is 11.4 Å². The summed E-state index contributed by atoms with van der Waals surface area (Å²) in [7, 11) is 0. The minimum absolute atomic E-state index is 0.267.